The van der Waals surface area contributed by atoms with E-state index in [9.17, 15) is 14.9 Å². The molecule has 2 aromatic carbocycles. The highest BCUT2D eigenvalue weighted by Gasteiger charge is 2.41. The largest absolute Gasteiger partial charge is 0.497 e. The first-order valence-corrected chi connectivity index (χ1v) is 9.93. The van der Waals surface area contributed by atoms with Gasteiger partial charge in [0.1, 0.15) is 22.4 Å². The lowest BCUT2D eigenvalue weighted by atomic mass is 10.1. The predicted molar refractivity (Wildman–Crippen MR) is 113 cm³/mol. The van der Waals surface area contributed by atoms with Crippen LogP contribution in [0.2, 0.25) is 0 Å². The third-order valence-corrected chi connectivity index (χ3v) is 5.93. The maximum atomic E-state index is 13.3. The molecule has 0 aromatic heterocycles. The van der Waals surface area contributed by atoms with E-state index in [1.807, 2.05) is 61.5 Å². The van der Waals surface area contributed by atoms with Crippen LogP contribution in [0.1, 0.15) is 11.1 Å². The molecule has 2 amide bonds. The van der Waals surface area contributed by atoms with Gasteiger partial charge in [-0.1, -0.05) is 42.1 Å². The fourth-order valence-electron chi connectivity index (χ4n) is 3.12. The Morgan fingerprint density at radius 3 is 2.52 bits per heavy atom. The van der Waals surface area contributed by atoms with E-state index in [0.717, 1.165) is 16.9 Å². The van der Waals surface area contributed by atoms with Gasteiger partial charge in [0.15, 0.2) is 0 Å². The zero-order chi connectivity index (χ0) is 21.0. The Kier molecular flexibility index (Phi) is 6.25. The molecule has 1 aliphatic rings. The van der Waals surface area contributed by atoms with E-state index in [1.54, 1.807) is 7.11 Å². The first-order chi connectivity index (χ1) is 14.0. The first-order valence-electron chi connectivity index (χ1n) is 9.05. The molecule has 0 radical (unpaired) electrons. The second-order valence-electron chi connectivity index (χ2n) is 6.49. The summed E-state index contributed by atoms with van der Waals surface area (Å²) in [5.74, 6) is 0.0888. The van der Waals surface area contributed by atoms with E-state index >= 15 is 0 Å². The summed E-state index contributed by atoms with van der Waals surface area (Å²) in [6.45, 7) is 1.90. The third kappa shape index (κ3) is 4.13. The van der Waals surface area contributed by atoms with Crippen molar-refractivity contribution in [1.82, 2.24) is 5.32 Å². The van der Waals surface area contributed by atoms with Crippen molar-refractivity contribution in [3.63, 3.8) is 0 Å². The molecule has 1 atom stereocenters. The second kappa shape index (κ2) is 8.84. The molecule has 1 N–H and O–H groups in total. The van der Waals surface area contributed by atoms with Crippen LogP contribution in [0.4, 0.5) is 5.69 Å². The lowest BCUT2D eigenvalue weighted by Crippen LogP contribution is -2.31. The molecular weight excluding hydrogens is 386 g/mol. The highest BCUT2D eigenvalue weighted by Crippen LogP contribution is 2.42. The number of nitrogens with zero attached hydrogens (tertiary/aromatic N) is 2. The molecule has 0 bridgehead atoms. The standard InChI is InChI=1S/C22H21N3O3S/c1-14-6-4-5-7-18(14)25-21(27)19(12-15-8-10-16(28-3)11-9-15)29-22(25)17(13-23)20(26)24-2/h4-11,19H,12H2,1-3H3,(H,24,26). The molecule has 1 saturated heterocycles. The predicted octanol–water partition coefficient (Wildman–Crippen LogP) is 3.18. The maximum absolute atomic E-state index is 13.3. The van der Waals surface area contributed by atoms with Gasteiger partial charge in [-0.25, -0.2) is 0 Å². The second-order valence-corrected chi connectivity index (χ2v) is 7.68. The molecule has 7 heteroatoms. The molecule has 0 saturated carbocycles. The van der Waals surface area contributed by atoms with Gasteiger partial charge in [-0.3, -0.25) is 14.5 Å². The van der Waals surface area contributed by atoms with Crippen LogP contribution < -0.4 is 15.0 Å². The number of methoxy groups -OCH3 is 1. The summed E-state index contributed by atoms with van der Waals surface area (Å²) in [7, 11) is 3.07. The molecule has 1 heterocycles. The fraction of sp³-hybridized carbons (Fsp3) is 0.227. The van der Waals surface area contributed by atoms with Gasteiger partial charge in [-0.15, -0.1) is 0 Å². The molecule has 1 aliphatic heterocycles. The number of ether oxygens (including phenoxy) is 1. The zero-order valence-corrected chi connectivity index (χ0v) is 17.2. The molecule has 0 spiro atoms. The first kappa shape index (κ1) is 20.5. The number of amides is 2. The minimum Gasteiger partial charge on any atom is -0.497 e. The van der Waals surface area contributed by atoms with Crippen molar-refractivity contribution in [1.29, 1.82) is 5.26 Å². The van der Waals surface area contributed by atoms with E-state index in [2.05, 4.69) is 5.32 Å². The van der Waals surface area contributed by atoms with Gasteiger partial charge in [-0.05, 0) is 42.7 Å². The van der Waals surface area contributed by atoms with Crippen LogP contribution in [0.15, 0.2) is 59.1 Å². The number of likely N-dealkylation sites (N-methyl/N-ethyl adjacent to an activating group) is 1. The summed E-state index contributed by atoms with van der Waals surface area (Å²) >= 11 is 1.25. The number of carbonyl (C=O) groups excluding carboxylic acids is 2. The molecule has 2 aromatic rings. The number of nitriles is 1. The molecule has 1 fully saturated rings. The number of benzene rings is 2. The number of anilines is 1. The summed E-state index contributed by atoms with van der Waals surface area (Å²) in [4.78, 5) is 27.1. The van der Waals surface area contributed by atoms with E-state index in [0.29, 0.717) is 17.1 Å². The van der Waals surface area contributed by atoms with E-state index in [4.69, 9.17) is 4.74 Å². The third-order valence-electron chi connectivity index (χ3n) is 4.67. The van der Waals surface area contributed by atoms with Crippen molar-refractivity contribution in [2.45, 2.75) is 18.6 Å². The highest BCUT2D eigenvalue weighted by molar-refractivity contribution is 8.05. The van der Waals surface area contributed by atoms with Gasteiger partial charge < -0.3 is 10.1 Å². The number of para-hydroxylation sites is 1. The van der Waals surface area contributed by atoms with Gasteiger partial charge in [0.25, 0.3) is 5.91 Å². The van der Waals surface area contributed by atoms with Crippen molar-refractivity contribution in [3.05, 3.63) is 70.3 Å². The van der Waals surface area contributed by atoms with Crippen molar-refractivity contribution in [2.24, 2.45) is 0 Å². The van der Waals surface area contributed by atoms with Crippen LogP contribution in [-0.2, 0) is 16.0 Å². The van der Waals surface area contributed by atoms with Gasteiger partial charge in [-0.2, -0.15) is 5.26 Å². The average molecular weight is 407 g/mol. The fourth-order valence-corrected chi connectivity index (χ4v) is 4.42. The average Bonchev–Trinajstić information content (AvgIpc) is 3.05. The molecule has 0 aliphatic carbocycles. The number of thioether (sulfide) groups is 1. The molecule has 1 unspecified atom stereocenters. The van der Waals surface area contributed by atoms with Crippen LogP contribution in [0.5, 0.6) is 5.75 Å². The van der Waals surface area contributed by atoms with Gasteiger partial charge in [0, 0.05) is 7.05 Å². The van der Waals surface area contributed by atoms with Crippen molar-refractivity contribution in [3.8, 4) is 11.8 Å². The Bertz CT molecular complexity index is 1010. The van der Waals surface area contributed by atoms with Gasteiger partial charge in [0.2, 0.25) is 5.91 Å². The Morgan fingerprint density at radius 2 is 1.93 bits per heavy atom. The van der Waals surface area contributed by atoms with Crippen molar-refractivity contribution >= 4 is 29.3 Å². The topological polar surface area (TPSA) is 82.4 Å². The van der Waals surface area contributed by atoms with Crippen LogP contribution >= 0.6 is 11.8 Å². The molecule has 148 valence electrons. The van der Waals surface area contributed by atoms with Crippen molar-refractivity contribution < 1.29 is 14.3 Å². The van der Waals surface area contributed by atoms with Crippen LogP contribution in [0.3, 0.4) is 0 Å². The Morgan fingerprint density at radius 1 is 1.24 bits per heavy atom. The molecule has 3 rings (SSSR count). The van der Waals surface area contributed by atoms with Crippen LogP contribution in [-0.4, -0.2) is 31.2 Å². The summed E-state index contributed by atoms with van der Waals surface area (Å²) in [5.41, 5.74) is 2.47. The van der Waals surface area contributed by atoms with E-state index in [1.165, 1.54) is 23.7 Å². The Labute approximate surface area is 174 Å². The summed E-state index contributed by atoms with van der Waals surface area (Å²) < 4.78 is 5.18. The van der Waals surface area contributed by atoms with Crippen LogP contribution in [0.25, 0.3) is 0 Å². The van der Waals surface area contributed by atoms with Crippen molar-refractivity contribution in [2.75, 3.05) is 19.1 Å². The quantitative estimate of drug-likeness (QED) is 0.608. The molecule has 29 heavy (non-hydrogen) atoms. The number of hydrogen-bond acceptors (Lipinski definition) is 5. The number of hydrogen-bond donors (Lipinski definition) is 1. The van der Waals surface area contributed by atoms with Gasteiger partial charge in [0.05, 0.1) is 18.0 Å². The maximum Gasteiger partial charge on any atom is 0.264 e. The smallest absolute Gasteiger partial charge is 0.264 e. The molecule has 6 nitrogen and oxygen atoms in total. The summed E-state index contributed by atoms with van der Waals surface area (Å²) in [5, 5.41) is 12.0. The Hall–Kier alpha value is -3.24. The summed E-state index contributed by atoms with van der Waals surface area (Å²) in [6.07, 6.45) is 0.478. The summed E-state index contributed by atoms with van der Waals surface area (Å²) in [6, 6.07) is 16.9. The SMILES string of the molecule is CNC(=O)C(C#N)=C1SC(Cc2ccc(OC)cc2)C(=O)N1c1ccccc1C. The minimum atomic E-state index is -0.508. The number of aryl methyl sites for hydroxylation is 1. The lowest BCUT2D eigenvalue weighted by Gasteiger charge is -2.20. The zero-order valence-electron chi connectivity index (χ0n) is 16.4. The number of carbonyl (C=O) groups is 2. The van der Waals surface area contributed by atoms with Crippen LogP contribution in [0, 0.1) is 18.3 Å². The molecular formula is C22H21N3O3S. The number of rotatable bonds is 5. The van der Waals surface area contributed by atoms with E-state index < -0.39 is 11.2 Å². The highest BCUT2D eigenvalue weighted by atomic mass is 32.2. The Balaban J connectivity index is 2.03. The van der Waals surface area contributed by atoms with Gasteiger partial charge >= 0.3 is 0 Å². The monoisotopic (exact) mass is 407 g/mol. The number of nitrogens with one attached hydrogen (secondary N) is 1. The van der Waals surface area contributed by atoms with E-state index in [-0.39, 0.29) is 11.5 Å². The minimum absolute atomic E-state index is 0.0636. The normalized spacial score (nSPS) is 17.7. The lowest BCUT2D eigenvalue weighted by molar-refractivity contribution is -0.117.